The van der Waals surface area contributed by atoms with Crippen LogP contribution in [0.25, 0.3) is 11.4 Å². The fourth-order valence-electron chi connectivity index (χ4n) is 2.95. The minimum Gasteiger partial charge on any atom is -0.362 e. The summed E-state index contributed by atoms with van der Waals surface area (Å²) in [6, 6.07) is 3.84. The Morgan fingerprint density at radius 3 is 2.92 bits per heavy atom. The molecule has 3 aromatic rings. The highest BCUT2D eigenvalue weighted by Crippen LogP contribution is 2.25. The summed E-state index contributed by atoms with van der Waals surface area (Å²) < 4.78 is 2.07. The molecular weight excluding hydrogens is 316 g/mol. The van der Waals surface area contributed by atoms with Crippen molar-refractivity contribution in [2.45, 2.75) is 39.5 Å². The molecule has 25 heavy (non-hydrogen) atoms. The molecule has 0 fully saturated rings. The number of aryl methyl sites for hydroxylation is 1. The molecule has 3 aromatic heterocycles. The second-order valence-electron chi connectivity index (χ2n) is 5.95. The maximum atomic E-state index is 4.74. The van der Waals surface area contributed by atoms with Crippen LogP contribution in [0.4, 0.5) is 5.82 Å². The van der Waals surface area contributed by atoms with Crippen LogP contribution in [0.15, 0.2) is 30.9 Å². The Kier molecular flexibility index (Phi) is 4.34. The van der Waals surface area contributed by atoms with Crippen molar-refractivity contribution in [2.24, 2.45) is 0 Å². The lowest BCUT2D eigenvalue weighted by molar-refractivity contribution is 0.643. The van der Waals surface area contributed by atoms with Crippen molar-refractivity contribution < 1.29 is 0 Å². The zero-order chi connectivity index (χ0) is 17.1. The standard InChI is InChI=1S/C17H20N8/c1-2-7-25-11-21-24-15(25)10-20-17-13-8-19-9-14(13)22-16(23-17)12-3-5-18-6-4-12/h3-6,11,19H,2,7-10H2,1H3,(H,20,22,23). The van der Waals surface area contributed by atoms with E-state index in [-0.39, 0.29) is 0 Å². The number of fused-ring (bicyclic) bond motifs is 1. The molecule has 2 N–H and O–H groups in total. The minimum absolute atomic E-state index is 0.583. The van der Waals surface area contributed by atoms with Gasteiger partial charge in [0.2, 0.25) is 0 Å². The Morgan fingerprint density at radius 2 is 2.08 bits per heavy atom. The molecule has 1 aliphatic rings. The monoisotopic (exact) mass is 336 g/mol. The van der Waals surface area contributed by atoms with Crippen molar-refractivity contribution in [3.05, 3.63) is 47.9 Å². The van der Waals surface area contributed by atoms with Gasteiger partial charge in [0.05, 0.1) is 12.2 Å². The highest BCUT2D eigenvalue weighted by molar-refractivity contribution is 5.60. The van der Waals surface area contributed by atoms with Crippen LogP contribution < -0.4 is 10.6 Å². The van der Waals surface area contributed by atoms with Gasteiger partial charge in [0.1, 0.15) is 12.1 Å². The average molecular weight is 336 g/mol. The molecule has 0 saturated carbocycles. The van der Waals surface area contributed by atoms with E-state index in [1.54, 1.807) is 18.7 Å². The van der Waals surface area contributed by atoms with Gasteiger partial charge in [-0.05, 0) is 18.6 Å². The summed E-state index contributed by atoms with van der Waals surface area (Å²) in [6.45, 7) is 5.17. The van der Waals surface area contributed by atoms with Crippen LogP contribution in [-0.4, -0.2) is 29.7 Å². The van der Waals surface area contributed by atoms with E-state index in [1.165, 1.54) is 0 Å². The summed E-state index contributed by atoms with van der Waals surface area (Å²) in [6.07, 6.45) is 6.33. The molecule has 0 amide bonds. The third kappa shape index (κ3) is 3.20. The van der Waals surface area contributed by atoms with E-state index in [0.29, 0.717) is 12.4 Å². The molecule has 4 heterocycles. The van der Waals surface area contributed by atoms with Crippen LogP contribution in [-0.2, 0) is 26.2 Å². The molecule has 0 saturated heterocycles. The third-order valence-electron chi connectivity index (χ3n) is 4.20. The lowest BCUT2D eigenvalue weighted by atomic mass is 10.2. The van der Waals surface area contributed by atoms with Crippen LogP contribution >= 0.6 is 0 Å². The lowest BCUT2D eigenvalue weighted by Crippen LogP contribution is -2.12. The maximum Gasteiger partial charge on any atom is 0.161 e. The first-order valence-corrected chi connectivity index (χ1v) is 8.46. The van der Waals surface area contributed by atoms with Crippen LogP contribution in [0.5, 0.6) is 0 Å². The van der Waals surface area contributed by atoms with Crippen LogP contribution in [0, 0.1) is 0 Å². The van der Waals surface area contributed by atoms with Gasteiger partial charge >= 0.3 is 0 Å². The van der Waals surface area contributed by atoms with Gasteiger partial charge in [-0.2, -0.15) is 0 Å². The Hall–Kier alpha value is -2.87. The summed E-state index contributed by atoms with van der Waals surface area (Å²) in [4.78, 5) is 13.5. The van der Waals surface area contributed by atoms with Crippen LogP contribution in [0.2, 0.25) is 0 Å². The quantitative estimate of drug-likeness (QED) is 0.708. The molecule has 0 atom stereocenters. The van der Waals surface area contributed by atoms with Gasteiger partial charge in [-0.15, -0.1) is 10.2 Å². The number of aromatic nitrogens is 6. The van der Waals surface area contributed by atoms with Gasteiger partial charge in [-0.25, -0.2) is 9.97 Å². The second-order valence-corrected chi connectivity index (χ2v) is 5.95. The fourth-order valence-corrected chi connectivity index (χ4v) is 2.95. The number of pyridine rings is 1. The fraction of sp³-hybridized carbons (Fsp3) is 0.353. The third-order valence-corrected chi connectivity index (χ3v) is 4.20. The maximum absolute atomic E-state index is 4.74. The number of anilines is 1. The summed E-state index contributed by atoms with van der Waals surface area (Å²) in [5.41, 5.74) is 3.13. The predicted octanol–water partition coefficient (Wildman–Crippen LogP) is 1.76. The predicted molar refractivity (Wildman–Crippen MR) is 93.4 cm³/mol. The average Bonchev–Trinajstić information content (AvgIpc) is 3.30. The molecule has 0 aliphatic carbocycles. The van der Waals surface area contributed by atoms with Gasteiger partial charge in [-0.1, -0.05) is 6.92 Å². The van der Waals surface area contributed by atoms with Crippen molar-refractivity contribution in [1.29, 1.82) is 0 Å². The first-order chi connectivity index (χ1) is 12.3. The van der Waals surface area contributed by atoms with Gasteiger partial charge < -0.3 is 15.2 Å². The van der Waals surface area contributed by atoms with E-state index in [2.05, 4.69) is 37.3 Å². The Morgan fingerprint density at radius 1 is 1.20 bits per heavy atom. The molecular formula is C17H20N8. The summed E-state index contributed by atoms with van der Waals surface area (Å²) in [5, 5.41) is 15.0. The number of nitrogens with one attached hydrogen (secondary N) is 2. The first-order valence-electron chi connectivity index (χ1n) is 8.46. The smallest absolute Gasteiger partial charge is 0.161 e. The van der Waals surface area contributed by atoms with Crippen molar-refractivity contribution in [1.82, 2.24) is 35.0 Å². The zero-order valence-electron chi connectivity index (χ0n) is 14.1. The Balaban J connectivity index is 1.62. The molecule has 4 rings (SSSR count). The highest BCUT2D eigenvalue weighted by Gasteiger charge is 2.20. The second kappa shape index (κ2) is 6.94. The number of rotatable bonds is 6. The van der Waals surface area contributed by atoms with Crippen LogP contribution in [0.1, 0.15) is 30.4 Å². The summed E-state index contributed by atoms with van der Waals surface area (Å²) in [5.74, 6) is 2.47. The van der Waals surface area contributed by atoms with E-state index in [4.69, 9.17) is 9.97 Å². The van der Waals surface area contributed by atoms with E-state index in [9.17, 15) is 0 Å². The van der Waals surface area contributed by atoms with Crippen molar-refractivity contribution in [2.75, 3.05) is 5.32 Å². The normalized spacial score (nSPS) is 13.0. The molecule has 0 unspecified atom stereocenters. The molecule has 1 aliphatic heterocycles. The molecule has 8 heteroatoms. The molecule has 0 spiro atoms. The van der Waals surface area contributed by atoms with E-state index in [0.717, 1.165) is 54.5 Å². The lowest BCUT2D eigenvalue weighted by Gasteiger charge is -2.12. The van der Waals surface area contributed by atoms with Gasteiger partial charge in [0, 0.05) is 43.2 Å². The van der Waals surface area contributed by atoms with E-state index < -0.39 is 0 Å². The van der Waals surface area contributed by atoms with Crippen molar-refractivity contribution >= 4 is 5.82 Å². The van der Waals surface area contributed by atoms with Gasteiger partial charge in [0.15, 0.2) is 11.6 Å². The van der Waals surface area contributed by atoms with Gasteiger partial charge in [0.25, 0.3) is 0 Å². The zero-order valence-corrected chi connectivity index (χ0v) is 14.1. The van der Waals surface area contributed by atoms with Gasteiger partial charge in [-0.3, -0.25) is 4.98 Å². The summed E-state index contributed by atoms with van der Waals surface area (Å²) >= 11 is 0. The van der Waals surface area contributed by atoms with Crippen molar-refractivity contribution in [3.8, 4) is 11.4 Å². The first kappa shape index (κ1) is 15.6. The molecule has 128 valence electrons. The molecule has 0 radical (unpaired) electrons. The Bertz CT molecular complexity index is 858. The topological polar surface area (TPSA) is 93.4 Å². The molecule has 8 nitrogen and oxygen atoms in total. The SMILES string of the molecule is CCCn1cnnc1CNc1nc(-c2ccncc2)nc2c1CNC2. The van der Waals surface area contributed by atoms with Crippen molar-refractivity contribution in [3.63, 3.8) is 0 Å². The number of hydrogen-bond acceptors (Lipinski definition) is 7. The minimum atomic E-state index is 0.583. The number of nitrogens with zero attached hydrogens (tertiary/aromatic N) is 6. The largest absolute Gasteiger partial charge is 0.362 e. The van der Waals surface area contributed by atoms with Crippen LogP contribution in [0.3, 0.4) is 0 Å². The van der Waals surface area contributed by atoms with E-state index in [1.807, 2.05) is 12.1 Å². The number of hydrogen-bond donors (Lipinski definition) is 2. The van der Waals surface area contributed by atoms with E-state index >= 15 is 0 Å². The Labute approximate surface area is 145 Å². The molecule has 0 aromatic carbocycles. The summed E-state index contributed by atoms with van der Waals surface area (Å²) in [7, 11) is 0. The molecule has 0 bridgehead atoms. The highest BCUT2D eigenvalue weighted by atomic mass is 15.3.